The number of hydrogen-bond acceptors (Lipinski definition) is 3. The lowest BCUT2D eigenvalue weighted by Gasteiger charge is -2.35. The van der Waals surface area contributed by atoms with Crippen molar-refractivity contribution < 1.29 is 0 Å². The molecule has 0 bridgehead atoms. The summed E-state index contributed by atoms with van der Waals surface area (Å²) in [6, 6.07) is 3.05. The first kappa shape index (κ1) is 12.6. The van der Waals surface area contributed by atoms with Crippen LogP contribution in [0.15, 0.2) is 11.4 Å². The molecule has 2 aliphatic rings. The van der Waals surface area contributed by atoms with Crippen molar-refractivity contribution in [3.05, 3.63) is 21.9 Å². The van der Waals surface area contributed by atoms with Gasteiger partial charge in [-0.3, -0.25) is 4.90 Å². The average molecular weight is 264 g/mol. The first-order valence-corrected chi connectivity index (χ1v) is 8.20. The van der Waals surface area contributed by atoms with Gasteiger partial charge in [0.2, 0.25) is 0 Å². The molecule has 0 saturated carbocycles. The van der Waals surface area contributed by atoms with Crippen molar-refractivity contribution in [3.8, 4) is 0 Å². The quantitative estimate of drug-likeness (QED) is 0.902. The first-order valence-electron chi connectivity index (χ1n) is 7.32. The molecule has 0 spiro atoms. The van der Waals surface area contributed by atoms with Crippen LogP contribution in [0.3, 0.4) is 0 Å². The number of rotatable bonds is 3. The van der Waals surface area contributed by atoms with Crippen molar-refractivity contribution >= 4 is 11.3 Å². The van der Waals surface area contributed by atoms with E-state index >= 15 is 0 Å². The van der Waals surface area contributed by atoms with Crippen molar-refractivity contribution in [3.63, 3.8) is 0 Å². The molecule has 1 atom stereocenters. The molecule has 100 valence electrons. The van der Waals surface area contributed by atoms with E-state index < -0.39 is 0 Å². The van der Waals surface area contributed by atoms with Gasteiger partial charge in [0.25, 0.3) is 0 Å². The molecule has 18 heavy (non-hydrogen) atoms. The minimum Gasteiger partial charge on any atom is -0.317 e. The zero-order valence-electron chi connectivity index (χ0n) is 11.3. The Bertz CT molecular complexity index is 382. The van der Waals surface area contributed by atoms with Crippen LogP contribution in [0.1, 0.15) is 42.2 Å². The van der Waals surface area contributed by atoms with Gasteiger partial charge in [-0.15, -0.1) is 11.3 Å². The molecule has 3 rings (SSSR count). The second kappa shape index (κ2) is 5.72. The molecular formula is C15H24N2S. The summed E-state index contributed by atoms with van der Waals surface area (Å²) in [4.78, 5) is 4.27. The predicted molar refractivity (Wildman–Crippen MR) is 78.2 cm³/mol. The Morgan fingerprint density at radius 2 is 2.17 bits per heavy atom. The van der Waals surface area contributed by atoms with E-state index in [0.717, 1.165) is 5.92 Å². The topological polar surface area (TPSA) is 15.3 Å². The summed E-state index contributed by atoms with van der Waals surface area (Å²) >= 11 is 1.96. The molecule has 3 heteroatoms. The molecule has 1 aliphatic carbocycles. The van der Waals surface area contributed by atoms with Crippen molar-refractivity contribution in [2.75, 3.05) is 26.7 Å². The molecule has 1 aromatic heterocycles. The van der Waals surface area contributed by atoms with Gasteiger partial charge in [0.1, 0.15) is 0 Å². The first-order chi connectivity index (χ1) is 8.84. The van der Waals surface area contributed by atoms with Crippen molar-refractivity contribution in [1.82, 2.24) is 10.2 Å². The molecule has 0 radical (unpaired) electrons. The highest BCUT2D eigenvalue weighted by molar-refractivity contribution is 7.10. The third kappa shape index (κ3) is 2.63. The summed E-state index contributed by atoms with van der Waals surface area (Å²) in [6.45, 7) is 3.71. The fraction of sp³-hybridized carbons (Fsp3) is 0.733. The van der Waals surface area contributed by atoms with Gasteiger partial charge in [0.05, 0.1) is 0 Å². The van der Waals surface area contributed by atoms with Crippen LogP contribution in [0.2, 0.25) is 0 Å². The molecule has 1 N–H and O–H groups in total. The van der Waals surface area contributed by atoms with Gasteiger partial charge in [-0.2, -0.15) is 0 Å². The minimum absolute atomic E-state index is 0.690. The summed E-state index contributed by atoms with van der Waals surface area (Å²) in [5.41, 5.74) is 1.63. The van der Waals surface area contributed by atoms with Crippen LogP contribution in [-0.2, 0) is 6.42 Å². The highest BCUT2D eigenvalue weighted by Crippen LogP contribution is 2.37. The lowest BCUT2D eigenvalue weighted by Crippen LogP contribution is -2.36. The van der Waals surface area contributed by atoms with E-state index in [1.807, 2.05) is 11.3 Å². The maximum absolute atomic E-state index is 3.46. The Labute approximate surface area is 114 Å². The van der Waals surface area contributed by atoms with E-state index in [1.54, 1.807) is 10.4 Å². The van der Waals surface area contributed by atoms with E-state index in [0.29, 0.717) is 6.04 Å². The molecule has 2 heterocycles. The Morgan fingerprint density at radius 1 is 1.33 bits per heavy atom. The third-order valence-corrected chi connectivity index (χ3v) is 5.55. The number of piperidine rings is 1. The van der Waals surface area contributed by atoms with Gasteiger partial charge in [-0.1, -0.05) is 0 Å². The second-order valence-corrected chi connectivity index (χ2v) is 6.84. The molecule has 1 fully saturated rings. The highest BCUT2D eigenvalue weighted by Gasteiger charge is 2.26. The number of thiophene rings is 1. The maximum Gasteiger partial charge on any atom is 0.0356 e. The van der Waals surface area contributed by atoms with Crippen LogP contribution in [0.25, 0.3) is 0 Å². The van der Waals surface area contributed by atoms with Crippen LogP contribution in [0.4, 0.5) is 0 Å². The van der Waals surface area contributed by atoms with E-state index in [-0.39, 0.29) is 0 Å². The third-order valence-electron chi connectivity index (χ3n) is 4.56. The van der Waals surface area contributed by atoms with Crippen LogP contribution in [0, 0.1) is 5.92 Å². The molecule has 0 aromatic carbocycles. The summed E-state index contributed by atoms with van der Waals surface area (Å²) in [5.74, 6) is 0.903. The molecule has 2 nitrogen and oxygen atoms in total. The van der Waals surface area contributed by atoms with Gasteiger partial charge in [0.15, 0.2) is 0 Å². The van der Waals surface area contributed by atoms with Crippen molar-refractivity contribution in [2.45, 2.75) is 38.1 Å². The zero-order valence-corrected chi connectivity index (χ0v) is 12.1. The second-order valence-electron chi connectivity index (χ2n) is 5.84. The van der Waals surface area contributed by atoms with Gasteiger partial charge in [-0.25, -0.2) is 0 Å². The Morgan fingerprint density at radius 3 is 3.00 bits per heavy atom. The van der Waals surface area contributed by atoms with E-state index in [2.05, 4.69) is 28.7 Å². The molecular weight excluding hydrogens is 240 g/mol. The number of aryl methyl sites for hydroxylation is 1. The minimum atomic E-state index is 0.690. The Kier molecular flexibility index (Phi) is 4.02. The summed E-state index contributed by atoms with van der Waals surface area (Å²) in [5, 5.41) is 5.74. The SMILES string of the molecule is CN(CC1CCNCC1)C1CCCc2sccc21. The van der Waals surface area contributed by atoms with Crippen LogP contribution in [-0.4, -0.2) is 31.6 Å². The van der Waals surface area contributed by atoms with Gasteiger partial charge in [0, 0.05) is 17.5 Å². The summed E-state index contributed by atoms with van der Waals surface area (Å²) in [7, 11) is 2.33. The summed E-state index contributed by atoms with van der Waals surface area (Å²) < 4.78 is 0. The van der Waals surface area contributed by atoms with Gasteiger partial charge >= 0.3 is 0 Å². The molecule has 1 saturated heterocycles. The molecule has 1 unspecified atom stereocenters. The van der Waals surface area contributed by atoms with Crippen LogP contribution in [0.5, 0.6) is 0 Å². The molecule has 0 amide bonds. The van der Waals surface area contributed by atoms with Crippen LogP contribution >= 0.6 is 11.3 Å². The fourth-order valence-electron chi connectivity index (χ4n) is 3.52. The van der Waals surface area contributed by atoms with E-state index in [4.69, 9.17) is 0 Å². The Hall–Kier alpha value is -0.380. The number of nitrogens with zero attached hydrogens (tertiary/aromatic N) is 1. The Balaban J connectivity index is 1.64. The normalized spacial score (nSPS) is 25.3. The van der Waals surface area contributed by atoms with Crippen molar-refractivity contribution in [2.24, 2.45) is 5.92 Å². The lowest BCUT2D eigenvalue weighted by molar-refractivity contribution is 0.173. The smallest absolute Gasteiger partial charge is 0.0356 e. The average Bonchev–Trinajstić information content (AvgIpc) is 2.87. The monoisotopic (exact) mass is 264 g/mol. The highest BCUT2D eigenvalue weighted by atomic mass is 32.1. The lowest BCUT2D eigenvalue weighted by atomic mass is 9.91. The fourth-order valence-corrected chi connectivity index (χ4v) is 4.50. The van der Waals surface area contributed by atoms with E-state index in [1.165, 1.54) is 51.7 Å². The molecule has 1 aliphatic heterocycles. The predicted octanol–water partition coefficient (Wildman–Crippen LogP) is 3.06. The standard InChI is InChI=1S/C15H24N2S/c1-17(11-12-5-8-16-9-6-12)14-3-2-4-15-13(14)7-10-18-15/h7,10,12,14,16H,2-6,8-9,11H2,1H3. The number of nitrogens with one attached hydrogen (secondary N) is 1. The molecule has 1 aromatic rings. The van der Waals surface area contributed by atoms with Crippen molar-refractivity contribution in [1.29, 1.82) is 0 Å². The van der Waals surface area contributed by atoms with Gasteiger partial charge < -0.3 is 5.32 Å². The van der Waals surface area contributed by atoms with Gasteiger partial charge in [-0.05, 0) is 75.2 Å². The zero-order chi connectivity index (χ0) is 12.4. The largest absolute Gasteiger partial charge is 0.317 e. The number of fused-ring (bicyclic) bond motifs is 1. The van der Waals surface area contributed by atoms with Crippen LogP contribution < -0.4 is 5.32 Å². The number of hydrogen-bond donors (Lipinski definition) is 1. The summed E-state index contributed by atoms with van der Waals surface area (Å²) in [6.07, 6.45) is 6.74. The maximum atomic E-state index is 3.46. The van der Waals surface area contributed by atoms with E-state index in [9.17, 15) is 0 Å².